The molecule has 3 rings (SSSR count). The van der Waals surface area contributed by atoms with Crippen molar-refractivity contribution < 1.29 is 14.0 Å². The van der Waals surface area contributed by atoms with Crippen LogP contribution in [0.25, 0.3) is 0 Å². The highest BCUT2D eigenvalue weighted by Gasteiger charge is 2.23. The number of carbonyl (C=O) groups is 2. The van der Waals surface area contributed by atoms with E-state index in [4.69, 9.17) is 4.42 Å². The second kappa shape index (κ2) is 8.20. The monoisotopic (exact) mass is 343 g/mol. The minimum Gasteiger partial charge on any atom is -0.468 e. The van der Waals surface area contributed by atoms with Crippen molar-refractivity contribution >= 4 is 23.5 Å². The topological polar surface area (TPSA) is 50.5 Å². The Bertz CT molecular complexity index is 669. The molecule has 0 radical (unpaired) electrons. The third-order valence-corrected chi connectivity index (χ3v) is 5.51. The Morgan fingerprint density at radius 3 is 2.67 bits per heavy atom. The average Bonchev–Trinajstić information content (AvgIpc) is 3.04. The molecular weight excluding hydrogens is 322 g/mol. The minimum absolute atomic E-state index is 0.0293. The van der Waals surface area contributed by atoms with Crippen LogP contribution in [0.4, 0.5) is 0 Å². The Labute approximate surface area is 146 Å². The van der Waals surface area contributed by atoms with Crippen molar-refractivity contribution in [1.29, 1.82) is 0 Å². The average molecular weight is 343 g/mol. The summed E-state index contributed by atoms with van der Waals surface area (Å²) in [5.74, 6) is 1.97. The van der Waals surface area contributed by atoms with Gasteiger partial charge in [0.15, 0.2) is 5.78 Å². The number of carbonyl (C=O) groups excluding carboxylic acids is 2. The Morgan fingerprint density at radius 2 is 1.92 bits per heavy atom. The second-order valence-corrected chi connectivity index (χ2v) is 7.14. The minimum atomic E-state index is 0.0293. The van der Waals surface area contributed by atoms with Crippen LogP contribution >= 0.6 is 11.8 Å². The van der Waals surface area contributed by atoms with Gasteiger partial charge in [-0.05, 0) is 18.6 Å². The van der Waals surface area contributed by atoms with Gasteiger partial charge in [-0.25, -0.2) is 0 Å². The van der Waals surface area contributed by atoms with E-state index in [1.165, 1.54) is 0 Å². The number of hydrogen-bond donors (Lipinski definition) is 0. The highest BCUT2D eigenvalue weighted by Crippen LogP contribution is 2.34. The molecule has 1 saturated heterocycles. The van der Waals surface area contributed by atoms with Gasteiger partial charge in [0.1, 0.15) is 5.76 Å². The van der Waals surface area contributed by atoms with Gasteiger partial charge in [0.2, 0.25) is 5.91 Å². The van der Waals surface area contributed by atoms with Crippen LogP contribution in [0.1, 0.15) is 40.6 Å². The molecule has 1 aromatic carbocycles. The van der Waals surface area contributed by atoms with Gasteiger partial charge < -0.3 is 9.32 Å². The quantitative estimate of drug-likeness (QED) is 0.771. The number of rotatable bonds is 5. The first kappa shape index (κ1) is 16.8. The maximum absolute atomic E-state index is 12.4. The normalized spacial score (nSPS) is 18.2. The SMILES string of the molecule is O=C(CCC(=O)N1CCSC(c2ccco2)CC1)c1ccccc1. The second-order valence-electron chi connectivity index (χ2n) is 5.83. The molecule has 0 aliphatic carbocycles. The molecule has 126 valence electrons. The lowest BCUT2D eigenvalue weighted by molar-refractivity contribution is -0.130. The van der Waals surface area contributed by atoms with E-state index in [2.05, 4.69) is 0 Å². The summed E-state index contributed by atoms with van der Waals surface area (Å²) in [6.07, 6.45) is 3.13. The molecule has 1 unspecified atom stereocenters. The van der Waals surface area contributed by atoms with E-state index in [9.17, 15) is 9.59 Å². The first-order chi connectivity index (χ1) is 11.7. The number of furan rings is 1. The number of hydrogen-bond acceptors (Lipinski definition) is 4. The number of ketones is 1. The third kappa shape index (κ3) is 4.29. The largest absolute Gasteiger partial charge is 0.468 e. The van der Waals surface area contributed by atoms with E-state index >= 15 is 0 Å². The fourth-order valence-corrected chi connectivity index (χ4v) is 4.05. The molecule has 24 heavy (non-hydrogen) atoms. The highest BCUT2D eigenvalue weighted by atomic mass is 32.2. The zero-order chi connectivity index (χ0) is 16.8. The maximum Gasteiger partial charge on any atom is 0.223 e. The first-order valence-electron chi connectivity index (χ1n) is 8.25. The molecule has 4 nitrogen and oxygen atoms in total. The summed E-state index contributed by atoms with van der Waals surface area (Å²) in [5, 5.41) is 0.309. The van der Waals surface area contributed by atoms with Crippen LogP contribution in [0, 0.1) is 0 Å². The van der Waals surface area contributed by atoms with Crippen molar-refractivity contribution in [1.82, 2.24) is 4.90 Å². The lowest BCUT2D eigenvalue weighted by atomic mass is 10.1. The lowest BCUT2D eigenvalue weighted by Gasteiger charge is -2.20. The molecule has 1 aromatic heterocycles. The third-order valence-electron chi connectivity index (χ3n) is 4.22. The van der Waals surface area contributed by atoms with Crippen LogP contribution < -0.4 is 0 Å². The molecule has 1 fully saturated rings. The summed E-state index contributed by atoms with van der Waals surface area (Å²) in [5.41, 5.74) is 0.676. The van der Waals surface area contributed by atoms with Gasteiger partial charge in [-0.1, -0.05) is 30.3 Å². The Balaban J connectivity index is 1.49. The summed E-state index contributed by atoms with van der Waals surface area (Å²) in [4.78, 5) is 26.4. The van der Waals surface area contributed by atoms with Crippen molar-refractivity contribution in [3.8, 4) is 0 Å². The van der Waals surface area contributed by atoms with Gasteiger partial charge >= 0.3 is 0 Å². The Morgan fingerprint density at radius 1 is 1.08 bits per heavy atom. The van der Waals surface area contributed by atoms with Crippen LogP contribution in [0.3, 0.4) is 0 Å². The first-order valence-corrected chi connectivity index (χ1v) is 9.30. The molecule has 2 heterocycles. The summed E-state index contributed by atoms with van der Waals surface area (Å²) < 4.78 is 5.48. The predicted octanol–water partition coefficient (Wildman–Crippen LogP) is 3.95. The van der Waals surface area contributed by atoms with E-state index in [0.717, 1.165) is 31.0 Å². The van der Waals surface area contributed by atoms with Gasteiger partial charge in [0.25, 0.3) is 0 Å². The van der Waals surface area contributed by atoms with E-state index < -0.39 is 0 Å². The number of benzene rings is 1. The molecule has 1 aliphatic heterocycles. The Kier molecular flexibility index (Phi) is 5.75. The van der Waals surface area contributed by atoms with Gasteiger partial charge in [-0.15, -0.1) is 11.8 Å². The fraction of sp³-hybridized carbons (Fsp3) is 0.368. The maximum atomic E-state index is 12.4. The summed E-state index contributed by atoms with van der Waals surface area (Å²) in [6, 6.07) is 13.1. The van der Waals surface area contributed by atoms with Gasteiger partial charge in [-0.3, -0.25) is 9.59 Å². The molecule has 5 heteroatoms. The van der Waals surface area contributed by atoms with E-state index in [-0.39, 0.29) is 24.5 Å². The molecule has 1 amide bonds. The molecule has 1 atom stereocenters. The zero-order valence-electron chi connectivity index (χ0n) is 13.5. The fourth-order valence-electron chi connectivity index (χ4n) is 2.87. The number of thioether (sulfide) groups is 1. The lowest BCUT2D eigenvalue weighted by Crippen LogP contribution is -2.33. The smallest absolute Gasteiger partial charge is 0.223 e. The molecular formula is C19H21NO3S. The van der Waals surface area contributed by atoms with Gasteiger partial charge in [-0.2, -0.15) is 0 Å². The van der Waals surface area contributed by atoms with Crippen LogP contribution in [-0.4, -0.2) is 35.4 Å². The molecule has 2 aromatic rings. The van der Waals surface area contributed by atoms with Crippen LogP contribution in [0.15, 0.2) is 53.1 Å². The standard InChI is InChI=1S/C19H21NO3S/c21-16(15-5-2-1-3-6-15)8-9-19(22)20-11-10-18(24-14-12-20)17-7-4-13-23-17/h1-7,13,18H,8-12,14H2. The van der Waals surface area contributed by atoms with Crippen molar-refractivity contribution in [3.05, 3.63) is 60.1 Å². The molecule has 0 N–H and O–H groups in total. The highest BCUT2D eigenvalue weighted by molar-refractivity contribution is 7.99. The summed E-state index contributed by atoms with van der Waals surface area (Å²) in [6.45, 7) is 1.46. The summed E-state index contributed by atoms with van der Waals surface area (Å²) in [7, 11) is 0. The van der Waals surface area contributed by atoms with Crippen molar-refractivity contribution in [2.45, 2.75) is 24.5 Å². The van der Waals surface area contributed by atoms with Crippen molar-refractivity contribution in [2.75, 3.05) is 18.8 Å². The van der Waals surface area contributed by atoms with Crippen LogP contribution in [-0.2, 0) is 4.79 Å². The van der Waals surface area contributed by atoms with Gasteiger partial charge in [0.05, 0.1) is 11.5 Å². The zero-order valence-corrected chi connectivity index (χ0v) is 14.3. The molecule has 0 saturated carbocycles. The molecule has 0 spiro atoms. The Hall–Kier alpha value is -2.01. The van der Waals surface area contributed by atoms with Crippen molar-refractivity contribution in [2.24, 2.45) is 0 Å². The van der Waals surface area contributed by atoms with Crippen LogP contribution in [0.2, 0.25) is 0 Å². The predicted molar refractivity (Wildman–Crippen MR) is 95.1 cm³/mol. The summed E-state index contributed by atoms with van der Waals surface area (Å²) >= 11 is 1.83. The van der Waals surface area contributed by atoms with Crippen molar-refractivity contribution in [3.63, 3.8) is 0 Å². The number of nitrogens with zero attached hydrogens (tertiary/aromatic N) is 1. The number of amides is 1. The molecule has 1 aliphatic rings. The van der Waals surface area contributed by atoms with E-state index in [1.54, 1.807) is 18.4 Å². The van der Waals surface area contributed by atoms with E-state index in [1.807, 2.05) is 47.0 Å². The molecule has 0 bridgehead atoms. The van der Waals surface area contributed by atoms with Gasteiger partial charge in [0, 0.05) is 37.2 Å². The van der Waals surface area contributed by atoms with Crippen LogP contribution in [0.5, 0.6) is 0 Å². The number of Topliss-reactive ketones (excluding diaryl/α,β-unsaturated/α-hetero) is 1. The van der Waals surface area contributed by atoms with E-state index in [0.29, 0.717) is 10.8 Å².